The number of carbonyl (C=O) groups excluding carboxylic acids is 2. The van der Waals surface area contributed by atoms with E-state index in [-0.39, 0.29) is 29.8 Å². The predicted molar refractivity (Wildman–Crippen MR) is 121 cm³/mol. The van der Waals surface area contributed by atoms with Crippen molar-refractivity contribution in [3.05, 3.63) is 75.1 Å². The Labute approximate surface area is 188 Å². The number of hydrogen-bond acceptors (Lipinski definition) is 7. The van der Waals surface area contributed by atoms with Crippen LogP contribution in [0.15, 0.2) is 47.6 Å². The average Bonchev–Trinajstić information content (AvgIpc) is 3.11. The van der Waals surface area contributed by atoms with Gasteiger partial charge in [-0.1, -0.05) is 36.0 Å². The summed E-state index contributed by atoms with van der Waals surface area (Å²) in [5.41, 5.74) is 2.49. The van der Waals surface area contributed by atoms with Gasteiger partial charge in [0.05, 0.1) is 22.9 Å². The minimum absolute atomic E-state index is 0.0453. The number of non-ortho nitro benzene ring substituents is 1. The Kier molecular flexibility index (Phi) is 7.21. The minimum Gasteiger partial charge on any atom is -0.345 e. The third-order valence-electron chi connectivity index (χ3n) is 4.76. The molecule has 0 saturated carbocycles. The number of anilines is 1. The molecule has 0 fully saturated rings. The minimum atomic E-state index is -0.511. The van der Waals surface area contributed by atoms with Gasteiger partial charge in [0.25, 0.3) is 11.6 Å². The Bertz CT molecular complexity index is 1180. The number of rotatable bonds is 8. The largest absolute Gasteiger partial charge is 0.345 e. The normalized spacial score (nSPS) is 10.6. The molecular formula is C21H22N6O4S. The molecule has 2 aromatic carbocycles. The standard InChI is InChI=1S/C21H22N6O4S/c1-13-6-4-5-7-16(13)20(29)22-11-18-24-25-21(26(18)3)32-12-19(28)23-17-10-15(27(30)31)9-8-14(17)2/h4-10H,11-12H2,1-3H3,(H,22,29)(H,23,28). The zero-order valence-corrected chi connectivity index (χ0v) is 18.6. The van der Waals surface area contributed by atoms with E-state index in [9.17, 15) is 19.7 Å². The third-order valence-corrected chi connectivity index (χ3v) is 5.78. The molecule has 0 atom stereocenters. The molecule has 1 aromatic heterocycles. The molecule has 1 heterocycles. The van der Waals surface area contributed by atoms with E-state index in [2.05, 4.69) is 20.8 Å². The number of nitro groups is 1. The summed E-state index contributed by atoms with van der Waals surface area (Å²) in [5.74, 6) is 0.0660. The van der Waals surface area contributed by atoms with Gasteiger partial charge in [-0.15, -0.1) is 10.2 Å². The Balaban J connectivity index is 1.56. The fourth-order valence-corrected chi connectivity index (χ4v) is 3.61. The lowest BCUT2D eigenvalue weighted by Gasteiger charge is -2.09. The van der Waals surface area contributed by atoms with Crippen LogP contribution in [-0.2, 0) is 18.4 Å². The van der Waals surface area contributed by atoms with Crippen molar-refractivity contribution >= 4 is 35.0 Å². The predicted octanol–water partition coefficient (Wildman–Crippen LogP) is 3.00. The summed E-state index contributed by atoms with van der Waals surface area (Å²) in [6.07, 6.45) is 0. The van der Waals surface area contributed by atoms with Crippen molar-refractivity contribution in [2.45, 2.75) is 25.5 Å². The molecule has 2 N–H and O–H groups in total. The molecule has 166 valence electrons. The van der Waals surface area contributed by atoms with Gasteiger partial charge in [0.1, 0.15) is 0 Å². The number of aryl methyl sites for hydroxylation is 2. The van der Waals surface area contributed by atoms with E-state index in [1.807, 2.05) is 19.1 Å². The highest BCUT2D eigenvalue weighted by Gasteiger charge is 2.15. The van der Waals surface area contributed by atoms with Crippen LogP contribution in [0.5, 0.6) is 0 Å². The van der Waals surface area contributed by atoms with Gasteiger partial charge in [-0.25, -0.2) is 0 Å². The maximum Gasteiger partial charge on any atom is 0.271 e. The Morgan fingerprint density at radius 3 is 2.59 bits per heavy atom. The van der Waals surface area contributed by atoms with Crippen LogP contribution >= 0.6 is 11.8 Å². The highest BCUT2D eigenvalue weighted by Crippen LogP contribution is 2.23. The molecule has 0 radical (unpaired) electrons. The van der Waals surface area contributed by atoms with Gasteiger partial charge in [0.2, 0.25) is 5.91 Å². The van der Waals surface area contributed by atoms with Crippen molar-refractivity contribution in [2.24, 2.45) is 7.05 Å². The lowest BCUT2D eigenvalue weighted by Crippen LogP contribution is -2.25. The van der Waals surface area contributed by atoms with Crippen molar-refractivity contribution in [1.29, 1.82) is 0 Å². The van der Waals surface area contributed by atoms with E-state index in [4.69, 9.17) is 0 Å². The molecule has 0 aliphatic carbocycles. The van der Waals surface area contributed by atoms with Crippen molar-refractivity contribution in [3.8, 4) is 0 Å². The summed E-state index contributed by atoms with van der Waals surface area (Å²) in [6, 6.07) is 11.6. The molecular weight excluding hydrogens is 432 g/mol. The highest BCUT2D eigenvalue weighted by molar-refractivity contribution is 7.99. The van der Waals surface area contributed by atoms with Crippen LogP contribution in [-0.4, -0.2) is 37.3 Å². The number of aromatic nitrogens is 3. The molecule has 0 spiro atoms. The summed E-state index contributed by atoms with van der Waals surface area (Å²) in [7, 11) is 1.75. The molecule has 0 aliphatic heterocycles. The van der Waals surface area contributed by atoms with Gasteiger partial charge >= 0.3 is 0 Å². The van der Waals surface area contributed by atoms with Crippen molar-refractivity contribution in [2.75, 3.05) is 11.1 Å². The van der Waals surface area contributed by atoms with Crippen LogP contribution in [0.4, 0.5) is 11.4 Å². The van der Waals surface area contributed by atoms with E-state index >= 15 is 0 Å². The molecule has 10 nitrogen and oxygen atoms in total. The van der Waals surface area contributed by atoms with Crippen LogP contribution < -0.4 is 10.6 Å². The molecule has 0 saturated heterocycles. The average molecular weight is 455 g/mol. The molecule has 32 heavy (non-hydrogen) atoms. The Morgan fingerprint density at radius 1 is 1.12 bits per heavy atom. The molecule has 3 aromatic rings. The lowest BCUT2D eigenvalue weighted by atomic mass is 10.1. The first-order valence-electron chi connectivity index (χ1n) is 9.66. The number of nitro benzene ring substituents is 1. The van der Waals surface area contributed by atoms with Crippen LogP contribution in [0.1, 0.15) is 27.3 Å². The van der Waals surface area contributed by atoms with Gasteiger partial charge in [0.15, 0.2) is 11.0 Å². The van der Waals surface area contributed by atoms with E-state index in [0.29, 0.717) is 22.2 Å². The first kappa shape index (κ1) is 22.9. The molecule has 2 amide bonds. The van der Waals surface area contributed by atoms with E-state index in [0.717, 1.165) is 11.1 Å². The molecule has 11 heteroatoms. The molecule has 3 rings (SSSR count). The SMILES string of the molecule is Cc1ccc([N+](=O)[O-])cc1NC(=O)CSc1nnc(CNC(=O)c2ccccc2C)n1C. The van der Waals surface area contributed by atoms with Crippen LogP contribution in [0.25, 0.3) is 0 Å². The first-order chi connectivity index (χ1) is 15.3. The van der Waals surface area contributed by atoms with Gasteiger partial charge in [-0.3, -0.25) is 19.7 Å². The first-order valence-corrected chi connectivity index (χ1v) is 10.6. The number of carbonyl (C=O) groups is 2. The number of amides is 2. The summed E-state index contributed by atoms with van der Waals surface area (Å²) >= 11 is 1.18. The van der Waals surface area contributed by atoms with E-state index in [1.165, 1.54) is 23.9 Å². The summed E-state index contributed by atoms with van der Waals surface area (Å²) in [5, 5.41) is 25.1. The number of benzene rings is 2. The van der Waals surface area contributed by atoms with Gasteiger partial charge in [-0.2, -0.15) is 0 Å². The second-order valence-corrected chi connectivity index (χ2v) is 7.99. The quantitative estimate of drug-likeness (QED) is 0.304. The zero-order chi connectivity index (χ0) is 23.3. The Hall–Kier alpha value is -3.73. The number of nitrogens with one attached hydrogen (secondary N) is 2. The van der Waals surface area contributed by atoms with Crippen LogP contribution in [0.2, 0.25) is 0 Å². The van der Waals surface area contributed by atoms with Crippen LogP contribution in [0.3, 0.4) is 0 Å². The Morgan fingerprint density at radius 2 is 1.88 bits per heavy atom. The van der Waals surface area contributed by atoms with E-state index in [1.54, 1.807) is 36.7 Å². The van der Waals surface area contributed by atoms with Crippen molar-refractivity contribution in [1.82, 2.24) is 20.1 Å². The monoisotopic (exact) mass is 454 g/mol. The topological polar surface area (TPSA) is 132 Å². The molecule has 0 aliphatic rings. The van der Waals surface area contributed by atoms with E-state index < -0.39 is 4.92 Å². The fraction of sp³-hybridized carbons (Fsp3) is 0.238. The summed E-state index contributed by atoms with van der Waals surface area (Å²) in [6.45, 7) is 3.81. The number of hydrogen-bond donors (Lipinski definition) is 2. The fourth-order valence-electron chi connectivity index (χ4n) is 2.88. The lowest BCUT2D eigenvalue weighted by molar-refractivity contribution is -0.384. The molecule has 0 unspecified atom stereocenters. The maximum absolute atomic E-state index is 12.4. The third kappa shape index (κ3) is 5.49. The zero-order valence-electron chi connectivity index (χ0n) is 17.8. The smallest absolute Gasteiger partial charge is 0.271 e. The summed E-state index contributed by atoms with van der Waals surface area (Å²) in [4.78, 5) is 35.1. The number of thioether (sulfide) groups is 1. The van der Waals surface area contributed by atoms with Crippen molar-refractivity contribution in [3.63, 3.8) is 0 Å². The maximum atomic E-state index is 12.4. The summed E-state index contributed by atoms with van der Waals surface area (Å²) < 4.78 is 1.70. The molecule has 0 bridgehead atoms. The number of nitrogens with zero attached hydrogens (tertiary/aromatic N) is 4. The second kappa shape index (κ2) is 10.1. The second-order valence-electron chi connectivity index (χ2n) is 7.05. The van der Waals surface area contributed by atoms with Gasteiger partial charge in [-0.05, 0) is 31.0 Å². The van der Waals surface area contributed by atoms with Gasteiger partial charge in [0, 0.05) is 24.7 Å². The van der Waals surface area contributed by atoms with Gasteiger partial charge < -0.3 is 15.2 Å². The van der Waals surface area contributed by atoms with Crippen molar-refractivity contribution < 1.29 is 14.5 Å². The highest BCUT2D eigenvalue weighted by atomic mass is 32.2. The van der Waals surface area contributed by atoms with Crippen LogP contribution in [0, 0.1) is 24.0 Å².